The number of Topliss-reactive ketones (excluding diaryl/α,β-unsaturated/α-hetero) is 1. The van der Waals surface area contributed by atoms with Crippen LogP contribution in [0.25, 0.3) is 0 Å². The Labute approximate surface area is 234 Å². The summed E-state index contributed by atoms with van der Waals surface area (Å²) in [6.07, 6.45) is 11.5. The molecule has 2 heterocycles. The number of hydrogen-bond donors (Lipinski definition) is 4. The number of hydrogen-bond acceptors (Lipinski definition) is 8. The first-order chi connectivity index (χ1) is 18.8. The second kappa shape index (κ2) is 10.5. The van der Waals surface area contributed by atoms with Gasteiger partial charge in [0.05, 0.1) is 24.0 Å². The molecule has 40 heavy (non-hydrogen) atoms. The standard InChI is InChI=1S/C28H43N7O5/c1-26(2,40)21-13-31-33-35(21)18-12-20(34(14-18)25(39)19(29)11-17-7-4-3-5-8-17)24(38)32-28(22(36)23(30)37)15-27(16-28)9-6-10-27/h13,17-20,40H,3-12,14-16,29H2,1-2H3,(H2,30,37)(H,32,38)/t18-,19?,20-/m0/s1. The van der Waals surface area contributed by atoms with E-state index in [2.05, 4.69) is 15.6 Å². The Morgan fingerprint density at radius 1 is 1.15 bits per heavy atom. The molecule has 220 valence electrons. The number of nitrogens with two attached hydrogens (primary N) is 2. The number of primary amides is 1. The quantitative estimate of drug-likeness (QED) is 0.321. The third-order valence-corrected chi connectivity index (χ3v) is 9.83. The zero-order valence-corrected chi connectivity index (χ0v) is 23.6. The summed E-state index contributed by atoms with van der Waals surface area (Å²) in [7, 11) is 0. The van der Waals surface area contributed by atoms with Gasteiger partial charge >= 0.3 is 0 Å². The summed E-state index contributed by atoms with van der Waals surface area (Å²) in [4.78, 5) is 54.0. The van der Waals surface area contributed by atoms with Crippen molar-refractivity contribution in [1.29, 1.82) is 0 Å². The lowest BCUT2D eigenvalue weighted by Crippen LogP contribution is -2.71. The summed E-state index contributed by atoms with van der Waals surface area (Å²) in [5.41, 5.74) is 9.70. The maximum atomic E-state index is 13.9. The lowest BCUT2D eigenvalue weighted by molar-refractivity contribution is -0.156. The molecule has 12 heteroatoms. The summed E-state index contributed by atoms with van der Waals surface area (Å²) < 4.78 is 1.57. The van der Waals surface area contributed by atoms with Crippen LogP contribution in [-0.4, -0.2) is 72.7 Å². The van der Waals surface area contributed by atoms with E-state index in [1.165, 1.54) is 17.5 Å². The van der Waals surface area contributed by atoms with Crippen LogP contribution in [-0.2, 0) is 24.8 Å². The van der Waals surface area contributed by atoms with Gasteiger partial charge in [0.1, 0.15) is 17.2 Å². The Balaban J connectivity index is 1.39. The highest BCUT2D eigenvalue weighted by Crippen LogP contribution is 2.60. The first kappa shape index (κ1) is 28.7. The van der Waals surface area contributed by atoms with Crippen LogP contribution in [0.3, 0.4) is 0 Å². The Hall–Kier alpha value is -2.86. The normalized spacial score (nSPS) is 26.6. The topological polar surface area (TPSA) is 187 Å². The SMILES string of the molecule is CC(C)(O)c1cnnn1[C@H]1C[C@@H](C(=O)NC2(C(=O)C(N)=O)CC3(CCC3)C2)N(C(=O)C(N)CC2CCCCC2)C1. The zero-order chi connectivity index (χ0) is 28.9. The lowest BCUT2D eigenvalue weighted by Gasteiger charge is -2.60. The molecule has 0 aromatic carbocycles. The van der Waals surface area contributed by atoms with E-state index in [1.807, 2.05) is 0 Å². The number of aliphatic hydroxyl groups is 1. The molecule has 4 fully saturated rings. The Kier molecular flexibility index (Phi) is 7.54. The first-order valence-electron chi connectivity index (χ1n) is 14.7. The maximum Gasteiger partial charge on any atom is 0.287 e. The fourth-order valence-corrected chi connectivity index (χ4v) is 7.65. The summed E-state index contributed by atoms with van der Waals surface area (Å²) in [5.74, 6) is -2.31. The summed E-state index contributed by atoms with van der Waals surface area (Å²) in [6, 6.07) is -2.12. The molecule has 3 saturated carbocycles. The van der Waals surface area contributed by atoms with Crippen LogP contribution in [0.15, 0.2) is 6.20 Å². The Bertz CT molecular complexity index is 1160. The van der Waals surface area contributed by atoms with Gasteiger partial charge in [-0.1, -0.05) is 43.7 Å². The number of nitrogens with zero attached hydrogens (tertiary/aromatic N) is 4. The van der Waals surface area contributed by atoms with Gasteiger partial charge in [0, 0.05) is 13.0 Å². The summed E-state index contributed by atoms with van der Waals surface area (Å²) >= 11 is 0. The van der Waals surface area contributed by atoms with Crippen molar-refractivity contribution in [2.45, 2.75) is 120 Å². The molecule has 4 aliphatic rings. The minimum Gasteiger partial charge on any atom is -0.384 e. The van der Waals surface area contributed by atoms with Crippen LogP contribution in [0.4, 0.5) is 0 Å². The smallest absolute Gasteiger partial charge is 0.287 e. The summed E-state index contributed by atoms with van der Waals surface area (Å²) in [5, 5.41) is 21.7. The second-order valence-corrected chi connectivity index (χ2v) is 13.3. The molecule has 0 bridgehead atoms. The maximum absolute atomic E-state index is 13.9. The highest BCUT2D eigenvalue weighted by molar-refractivity contribution is 6.39. The molecule has 3 aliphatic carbocycles. The van der Waals surface area contributed by atoms with E-state index in [9.17, 15) is 24.3 Å². The molecule has 6 N–H and O–H groups in total. The number of carbonyl (C=O) groups excluding carboxylic acids is 4. The van der Waals surface area contributed by atoms with Crippen molar-refractivity contribution < 1.29 is 24.3 Å². The number of nitrogens with one attached hydrogen (secondary N) is 1. The molecular formula is C28H43N7O5. The predicted molar refractivity (Wildman–Crippen MR) is 144 cm³/mol. The van der Waals surface area contributed by atoms with E-state index >= 15 is 0 Å². The van der Waals surface area contributed by atoms with Crippen molar-refractivity contribution in [3.8, 4) is 0 Å². The largest absolute Gasteiger partial charge is 0.384 e. The van der Waals surface area contributed by atoms with Gasteiger partial charge in [-0.2, -0.15) is 0 Å². The van der Waals surface area contributed by atoms with Crippen molar-refractivity contribution in [1.82, 2.24) is 25.2 Å². The Morgan fingerprint density at radius 3 is 2.40 bits per heavy atom. The molecule has 0 radical (unpaired) electrons. The van der Waals surface area contributed by atoms with Crippen molar-refractivity contribution >= 4 is 23.5 Å². The fourth-order valence-electron chi connectivity index (χ4n) is 7.65. The molecular weight excluding hydrogens is 514 g/mol. The van der Waals surface area contributed by atoms with Crippen LogP contribution >= 0.6 is 0 Å². The molecule has 1 aromatic rings. The van der Waals surface area contributed by atoms with E-state index in [0.29, 0.717) is 30.9 Å². The van der Waals surface area contributed by atoms with Gasteiger partial charge in [-0.05, 0) is 57.3 Å². The van der Waals surface area contributed by atoms with Gasteiger partial charge < -0.3 is 26.8 Å². The molecule has 3 amide bonds. The highest BCUT2D eigenvalue weighted by atomic mass is 16.3. The second-order valence-electron chi connectivity index (χ2n) is 13.3. The van der Waals surface area contributed by atoms with Crippen molar-refractivity contribution in [3.05, 3.63) is 11.9 Å². The van der Waals surface area contributed by atoms with E-state index in [0.717, 1.165) is 44.9 Å². The zero-order valence-electron chi connectivity index (χ0n) is 23.6. The molecule has 1 unspecified atom stereocenters. The average Bonchev–Trinajstić information content (AvgIpc) is 3.52. The molecule has 5 rings (SSSR count). The molecule has 3 atom stereocenters. The molecule has 1 spiro atoms. The van der Waals surface area contributed by atoms with Gasteiger partial charge in [-0.15, -0.1) is 5.10 Å². The minimum atomic E-state index is -1.34. The molecule has 1 aromatic heterocycles. The highest BCUT2D eigenvalue weighted by Gasteiger charge is 2.63. The fraction of sp³-hybridized carbons (Fsp3) is 0.786. The van der Waals surface area contributed by atoms with Crippen LogP contribution in [0.2, 0.25) is 0 Å². The average molecular weight is 558 g/mol. The van der Waals surface area contributed by atoms with E-state index in [-0.39, 0.29) is 24.3 Å². The van der Waals surface area contributed by atoms with E-state index in [1.54, 1.807) is 18.5 Å². The van der Waals surface area contributed by atoms with Crippen LogP contribution < -0.4 is 16.8 Å². The van der Waals surface area contributed by atoms with Crippen LogP contribution in [0.5, 0.6) is 0 Å². The van der Waals surface area contributed by atoms with Gasteiger partial charge in [0.2, 0.25) is 17.6 Å². The third kappa shape index (κ3) is 5.27. The van der Waals surface area contributed by atoms with Gasteiger partial charge in [0.15, 0.2) is 0 Å². The van der Waals surface area contributed by atoms with Crippen LogP contribution in [0, 0.1) is 11.3 Å². The monoisotopic (exact) mass is 557 g/mol. The Morgan fingerprint density at radius 2 is 1.82 bits per heavy atom. The van der Waals surface area contributed by atoms with Gasteiger partial charge in [-0.25, -0.2) is 4.68 Å². The van der Waals surface area contributed by atoms with E-state index in [4.69, 9.17) is 11.5 Å². The number of rotatable bonds is 9. The third-order valence-electron chi connectivity index (χ3n) is 9.83. The van der Waals surface area contributed by atoms with E-state index < -0.39 is 46.9 Å². The molecule has 1 saturated heterocycles. The number of amides is 3. The molecule has 12 nitrogen and oxygen atoms in total. The number of carbonyl (C=O) groups is 4. The number of aromatic nitrogens is 3. The van der Waals surface area contributed by atoms with Crippen molar-refractivity contribution in [2.75, 3.05) is 6.54 Å². The molecule has 1 aliphatic heterocycles. The lowest BCUT2D eigenvalue weighted by atomic mass is 9.47. The van der Waals surface area contributed by atoms with Crippen LogP contribution in [0.1, 0.15) is 103 Å². The van der Waals surface area contributed by atoms with Crippen molar-refractivity contribution in [2.24, 2.45) is 22.8 Å². The number of likely N-dealkylation sites (tertiary alicyclic amines) is 1. The minimum absolute atomic E-state index is 0.0310. The summed E-state index contributed by atoms with van der Waals surface area (Å²) in [6.45, 7) is 3.40. The predicted octanol–water partition coefficient (Wildman–Crippen LogP) is 0.819. The van der Waals surface area contributed by atoms with Gasteiger partial charge in [0.25, 0.3) is 5.91 Å². The van der Waals surface area contributed by atoms with Crippen molar-refractivity contribution in [3.63, 3.8) is 0 Å². The van der Waals surface area contributed by atoms with Gasteiger partial charge in [-0.3, -0.25) is 19.2 Å². The number of ketones is 1. The first-order valence-corrected chi connectivity index (χ1v) is 14.7.